The van der Waals surface area contributed by atoms with Gasteiger partial charge in [-0.3, -0.25) is 4.98 Å². The lowest BCUT2D eigenvalue weighted by Gasteiger charge is -2.02. The molecule has 0 aliphatic rings. The molecule has 0 fully saturated rings. The zero-order valence-electron chi connectivity index (χ0n) is 7.73. The Morgan fingerprint density at radius 1 is 1.50 bits per heavy atom. The molecule has 1 aromatic heterocycles. The number of allylic oxidation sites excluding steroid dienone is 1. The minimum atomic E-state index is 0.897. The van der Waals surface area contributed by atoms with Crippen LogP contribution in [0.3, 0.4) is 0 Å². The Balaban J connectivity index is 3.02. The molecule has 0 aromatic carbocycles. The minimum Gasteiger partial charge on any atom is -0.255 e. The maximum absolute atomic E-state index is 4.32. The van der Waals surface area contributed by atoms with Crippen LogP contribution in [0.25, 0.3) is 6.08 Å². The fourth-order valence-electron chi connectivity index (χ4n) is 0.960. The van der Waals surface area contributed by atoms with Gasteiger partial charge in [-0.1, -0.05) is 28.4 Å². The van der Waals surface area contributed by atoms with Crippen LogP contribution in [-0.2, 0) is 0 Å². The van der Waals surface area contributed by atoms with E-state index in [2.05, 4.69) is 65.8 Å². The normalized spacial score (nSPS) is 11.9. The van der Waals surface area contributed by atoms with E-state index in [-0.39, 0.29) is 0 Å². The van der Waals surface area contributed by atoms with Crippen LogP contribution in [0.5, 0.6) is 0 Å². The van der Waals surface area contributed by atoms with Crippen molar-refractivity contribution >= 4 is 53.9 Å². The molecule has 0 saturated carbocycles. The zero-order valence-corrected chi connectivity index (χ0v) is 12.5. The number of hydrogen-bond donors (Lipinski definition) is 0. The molecule has 1 rings (SSSR count). The Bertz CT molecular complexity index is 341. The molecule has 1 nitrogen and oxygen atoms in total. The van der Waals surface area contributed by atoms with E-state index in [9.17, 15) is 0 Å². The predicted octanol–water partition coefficient (Wildman–Crippen LogP) is 4.79. The SMILES string of the molecule is CCC(=Cc1ncc(Br)cc1Br)CBr. The summed E-state index contributed by atoms with van der Waals surface area (Å²) in [4.78, 5) is 4.32. The highest BCUT2D eigenvalue weighted by Crippen LogP contribution is 2.22. The van der Waals surface area contributed by atoms with Crippen LogP contribution < -0.4 is 0 Å². The second kappa shape index (κ2) is 6.03. The van der Waals surface area contributed by atoms with Crippen LogP contribution in [0.2, 0.25) is 0 Å². The topological polar surface area (TPSA) is 12.9 Å². The molecule has 14 heavy (non-hydrogen) atoms. The highest BCUT2D eigenvalue weighted by atomic mass is 79.9. The van der Waals surface area contributed by atoms with Crippen LogP contribution >= 0.6 is 47.8 Å². The lowest BCUT2D eigenvalue weighted by Crippen LogP contribution is -1.87. The van der Waals surface area contributed by atoms with E-state index in [1.807, 2.05) is 6.07 Å². The number of hydrogen-bond acceptors (Lipinski definition) is 1. The van der Waals surface area contributed by atoms with E-state index in [0.717, 1.165) is 26.4 Å². The second-order valence-corrected chi connectivity index (χ2v) is 5.14. The number of alkyl halides is 1. The van der Waals surface area contributed by atoms with Gasteiger partial charge in [0.25, 0.3) is 0 Å². The molecule has 1 aromatic rings. The van der Waals surface area contributed by atoms with Crippen molar-refractivity contribution in [1.82, 2.24) is 4.98 Å². The molecule has 0 spiro atoms. The standard InChI is InChI=1S/C10H10Br3N/c1-2-7(5-11)3-10-9(13)4-8(12)6-14-10/h3-4,6H,2,5H2,1H3. The Morgan fingerprint density at radius 3 is 2.71 bits per heavy atom. The largest absolute Gasteiger partial charge is 0.255 e. The van der Waals surface area contributed by atoms with Gasteiger partial charge in [0.2, 0.25) is 0 Å². The van der Waals surface area contributed by atoms with Gasteiger partial charge >= 0.3 is 0 Å². The first-order valence-electron chi connectivity index (χ1n) is 4.23. The van der Waals surface area contributed by atoms with Crippen LogP contribution in [0.4, 0.5) is 0 Å². The fraction of sp³-hybridized carbons (Fsp3) is 0.300. The maximum Gasteiger partial charge on any atom is 0.0772 e. The molecule has 0 amide bonds. The van der Waals surface area contributed by atoms with Gasteiger partial charge in [-0.15, -0.1) is 0 Å². The molecular weight excluding hydrogens is 374 g/mol. The summed E-state index contributed by atoms with van der Waals surface area (Å²) in [7, 11) is 0. The fourth-order valence-corrected chi connectivity index (χ4v) is 2.62. The summed E-state index contributed by atoms with van der Waals surface area (Å²) in [5.74, 6) is 0. The summed E-state index contributed by atoms with van der Waals surface area (Å²) in [6, 6.07) is 2.00. The van der Waals surface area contributed by atoms with Crippen molar-refractivity contribution in [3.63, 3.8) is 0 Å². The summed E-state index contributed by atoms with van der Waals surface area (Å²) >= 11 is 10.3. The third kappa shape index (κ3) is 3.48. The molecule has 0 atom stereocenters. The van der Waals surface area contributed by atoms with Crippen LogP contribution in [0.15, 0.2) is 26.8 Å². The van der Waals surface area contributed by atoms with E-state index in [4.69, 9.17) is 0 Å². The first-order chi connectivity index (χ1) is 6.67. The molecule has 0 bridgehead atoms. The number of halogens is 3. The van der Waals surface area contributed by atoms with Crippen LogP contribution in [0.1, 0.15) is 19.0 Å². The monoisotopic (exact) mass is 381 g/mol. The van der Waals surface area contributed by atoms with Gasteiger partial charge < -0.3 is 0 Å². The van der Waals surface area contributed by atoms with Crippen molar-refractivity contribution in [1.29, 1.82) is 0 Å². The van der Waals surface area contributed by atoms with Crippen molar-refractivity contribution in [2.75, 3.05) is 5.33 Å². The second-order valence-electron chi connectivity index (χ2n) is 2.81. The maximum atomic E-state index is 4.32. The van der Waals surface area contributed by atoms with Gasteiger partial charge in [-0.25, -0.2) is 0 Å². The van der Waals surface area contributed by atoms with Gasteiger partial charge in [-0.05, 0) is 50.4 Å². The van der Waals surface area contributed by atoms with Crippen molar-refractivity contribution in [3.8, 4) is 0 Å². The first kappa shape index (κ1) is 12.4. The molecular formula is C10H10Br3N. The third-order valence-corrected chi connectivity index (χ3v) is 3.59. The van der Waals surface area contributed by atoms with E-state index in [1.54, 1.807) is 6.20 Å². The van der Waals surface area contributed by atoms with Gasteiger partial charge in [0, 0.05) is 20.5 Å². The van der Waals surface area contributed by atoms with Gasteiger partial charge in [0.15, 0.2) is 0 Å². The Morgan fingerprint density at radius 2 is 2.21 bits per heavy atom. The van der Waals surface area contributed by atoms with Crippen molar-refractivity contribution < 1.29 is 0 Å². The number of pyridine rings is 1. The summed E-state index contributed by atoms with van der Waals surface area (Å²) in [5, 5.41) is 0.897. The Kier molecular flexibility index (Phi) is 5.34. The van der Waals surface area contributed by atoms with Gasteiger partial charge in [-0.2, -0.15) is 0 Å². The number of aromatic nitrogens is 1. The van der Waals surface area contributed by atoms with Gasteiger partial charge in [0.1, 0.15) is 0 Å². The highest BCUT2D eigenvalue weighted by Gasteiger charge is 2.00. The molecule has 76 valence electrons. The van der Waals surface area contributed by atoms with E-state index in [1.165, 1.54) is 5.57 Å². The molecule has 0 aliphatic carbocycles. The molecule has 0 unspecified atom stereocenters. The van der Waals surface area contributed by atoms with Gasteiger partial charge in [0.05, 0.1) is 5.69 Å². The molecule has 0 aliphatic heterocycles. The number of rotatable bonds is 3. The molecule has 0 radical (unpaired) electrons. The molecule has 4 heteroatoms. The third-order valence-electron chi connectivity index (χ3n) is 1.80. The molecule has 0 saturated heterocycles. The number of nitrogens with zero attached hydrogens (tertiary/aromatic N) is 1. The average Bonchev–Trinajstić information content (AvgIpc) is 2.17. The summed E-state index contributed by atoms with van der Waals surface area (Å²) in [6.07, 6.45) is 4.94. The summed E-state index contributed by atoms with van der Waals surface area (Å²) in [5.41, 5.74) is 2.31. The van der Waals surface area contributed by atoms with Crippen molar-refractivity contribution in [2.45, 2.75) is 13.3 Å². The lowest BCUT2D eigenvalue weighted by molar-refractivity contribution is 1.12. The average molecular weight is 384 g/mol. The summed E-state index contributed by atoms with van der Waals surface area (Å²) < 4.78 is 2.00. The van der Waals surface area contributed by atoms with E-state index in [0.29, 0.717) is 0 Å². The first-order valence-corrected chi connectivity index (χ1v) is 6.94. The molecule has 0 N–H and O–H groups in total. The van der Waals surface area contributed by atoms with E-state index < -0.39 is 0 Å². The van der Waals surface area contributed by atoms with Crippen molar-refractivity contribution in [3.05, 3.63) is 32.5 Å². The predicted molar refractivity (Wildman–Crippen MR) is 71.7 cm³/mol. The Labute approximate surface area is 109 Å². The van der Waals surface area contributed by atoms with E-state index >= 15 is 0 Å². The Hall–Kier alpha value is 0.330. The molecule has 1 heterocycles. The van der Waals surface area contributed by atoms with Crippen LogP contribution in [0, 0.1) is 0 Å². The zero-order chi connectivity index (χ0) is 10.6. The van der Waals surface area contributed by atoms with Crippen molar-refractivity contribution in [2.24, 2.45) is 0 Å². The lowest BCUT2D eigenvalue weighted by atomic mass is 10.2. The minimum absolute atomic E-state index is 0.897. The van der Waals surface area contributed by atoms with Crippen LogP contribution in [-0.4, -0.2) is 10.3 Å². The summed E-state index contributed by atoms with van der Waals surface area (Å²) in [6.45, 7) is 2.14. The quantitative estimate of drug-likeness (QED) is 0.683. The smallest absolute Gasteiger partial charge is 0.0772 e. The highest BCUT2D eigenvalue weighted by molar-refractivity contribution is 9.11.